The molecule has 0 radical (unpaired) electrons. The van der Waals surface area contributed by atoms with Gasteiger partial charge >= 0.3 is 0 Å². The molecule has 1 atom stereocenters. The van der Waals surface area contributed by atoms with Gasteiger partial charge in [-0.15, -0.1) is 6.58 Å². The molecule has 0 saturated carbocycles. The third kappa shape index (κ3) is 3.47. The molecule has 0 fully saturated rings. The van der Waals surface area contributed by atoms with Crippen LogP contribution in [-0.2, 0) is 11.3 Å². The van der Waals surface area contributed by atoms with E-state index in [-0.39, 0.29) is 18.1 Å². The number of aliphatic hydroxyl groups excluding tert-OH is 1. The quantitative estimate of drug-likeness (QED) is 0.747. The first-order valence-electron chi connectivity index (χ1n) is 5.49. The van der Waals surface area contributed by atoms with E-state index in [1.54, 1.807) is 6.08 Å². The molecule has 0 bridgehead atoms. The Morgan fingerprint density at radius 1 is 1.38 bits per heavy atom. The summed E-state index contributed by atoms with van der Waals surface area (Å²) in [5.41, 5.74) is 0.833. The predicted molar refractivity (Wildman–Crippen MR) is 66.1 cm³/mol. The Morgan fingerprint density at radius 2 is 2.00 bits per heavy atom. The molecule has 0 aliphatic carbocycles. The van der Waals surface area contributed by atoms with Gasteiger partial charge in [-0.05, 0) is 5.56 Å². The van der Waals surface area contributed by atoms with Crippen molar-refractivity contribution in [3.8, 4) is 0 Å². The Balaban J connectivity index is 2.56. The second-order valence-corrected chi connectivity index (χ2v) is 4.60. The van der Waals surface area contributed by atoms with Crippen LogP contribution in [0.3, 0.4) is 0 Å². The van der Waals surface area contributed by atoms with Gasteiger partial charge in [0.25, 0.3) is 0 Å². The van der Waals surface area contributed by atoms with E-state index in [9.17, 15) is 5.11 Å². The van der Waals surface area contributed by atoms with Crippen molar-refractivity contribution in [1.29, 1.82) is 0 Å². The molecule has 1 unspecified atom stereocenters. The third-order valence-electron chi connectivity index (χ3n) is 2.66. The number of hydrogen-bond acceptors (Lipinski definition) is 2. The zero-order valence-electron chi connectivity index (χ0n) is 10.0. The summed E-state index contributed by atoms with van der Waals surface area (Å²) in [5, 5.41) is 9.26. The number of aliphatic hydroxyl groups is 1. The maximum absolute atomic E-state index is 9.26. The van der Waals surface area contributed by atoms with Gasteiger partial charge in [0, 0.05) is 5.41 Å². The topological polar surface area (TPSA) is 29.5 Å². The minimum Gasteiger partial charge on any atom is -0.396 e. The molecule has 2 heteroatoms. The minimum atomic E-state index is -0.295. The molecular weight excluding hydrogens is 200 g/mol. The molecule has 0 heterocycles. The molecule has 0 aliphatic heterocycles. The molecule has 1 rings (SSSR count). The standard InChI is InChI=1S/C14H20O2/c1-4-13(14(2,3)11-15)16-10-12-8-6-5-7-9-12/h4-9,13,15H,1,10-11H2,2-3H3. The predicted octanol–water partition coefficient (Wildman–Crippen LogP) is 2.78. The van der Waals surface area contributed by atoms with Crippen molar-refractivity contribution in [1.82, 2.24) is 0 Å². The summed E-state index contributed by atoms with van der Waals surface area (Å²) in [6, 6.07) is 9.99. The molecule has 0 aliphatic rings. The summed E-state index contributed by atoms with van der Waals surface area (Å²) >= 11 is 0. The van der Waals surface area contributed by atoms with Crippen molar-refractivity contribution >= 4 is 0 Å². The number of hydrogen-bond donors (Lipinski definition) is 1. The fourth-order valence-corrected chi connectivity index (χ4v) is 1.46. The van der Waals surface area contributed by atoms with E-state index < -0.39 is 0 Å². The van der Waals surface area contributed by atoms with E-state index in [4.69, 9.17) is 4.74 Å². The van der Waals surface area contributed by atoms with E-state index in [1.807, 2.05) is 44.2 Å². The van der Waals surface area contributed by atoms with Crippen LogP contribution in [0.4, 0.5) is 0 Å². The Kier molecular flexibility index (Phi) is 4.71. The Morgan fingerprint density at radius 3 is 2.50 bits per heavy atom. The van der Waals surface area contributed by atoms with Gasteiger partial charge in [0.05, 0.1) is 19.3 Å². The van der Waals surface area contributed by atoms with E-state index in [0.29, 0.717) is 6.61 Å². The Bertz CT molecular complexity index is 317. The van der Waals surface area contributed by atoms with Gasteiger partial charge in [-0.3, -0.25) is 0 Å². The third-order valence-corrected chi connectivity index (χ3v) is 2.66. The van der Waals surface area contributed by atoms with Gasteiger partial charge in [-0.2, -0.15) is 0 Å². The zero-order valence-corrected chi connectivity index (χ0v) is 10.0. The minimum absolute atomic E-state index is 0.0818. The van der Waals surface area contributed by atoms with Gasteiger partial charge in [0.15, 0.2) is 0 Å². The number of ether oxygens (including phenoxy) is 1. The summed E-state index contributed by atoms with van der Waals surface area (Å²) < 4.78 is 5.75. The second-order valence-electron chi connectivity index (χ2n) is 4.60. The molecule has 1 aromatic rings. The highest BCUT2D eigenvalue weighted by Gasteiger charge is 2.27. The highest BCUT2D eigenvalue weighted by molar-refractivity contribution is 5.13. The Hall–Kier alpha value is -1.12. The summed E-state index contributed by atoms with van der Waals surface area (Å²) in [7, 11) is 0. The van der Waals surface area contributed by atoms with E-state index >= 15 is 0 Å². The SMILES string of the molecule is C=CC(OCc1ccccc1)C(C)(C)CO. The van der Waals surface area contributed by atoms with Gasteiger partial charge in [0.2, 0.25) is 0 Å². The van der Waals surface area contributed by atoms with Crippen molar-refractivity contribution in [2.24, 2.45) is 5.41 Å². The maximum atomic E-state index is 9.26. The molecule has 16 heavy (non-hydrogen) atoms. The molecule has 0 aromatic heterocycles. The highest BCUT2D eigenvalue weighted by Crippen LogP contribution is 2.24. The maximum Gasteiger partial charge on any atom is 0.0830 e. The molecule has 88 valence electrons. The van der Waals surface area contributed by atoms with Gasteiger partial charge in [0.1, 0.15) is 0 Å². The van der Waals surface area contributed by atoms with Crippen LogP contribution in [-0.4, -0.2) is 17.8 Å². The largest absolute Gasteiger partial charge is 0.396 e. The molecule has 0 saturated heterocycles. The van der Waals surface area contributed by atoms with Crippen LogP contribution in [0.1, 0.15) is 19.4 Å². The van der Waals surface area contributed by atoms with Gasteiger partial charge in [-0.25, -0.2) is 0 Å². The van der Waals surface area contributed by atoms with Crippen LogP contribution in [0, 0.1) is 5.41 Å². The lowest BCUT2D eigenvalue weighted by atomic mass is 9.87. The van der Waals surface area contributed by atoms with E-state index in [0.717, 1.165) is 5.56 Å². The molecule has 2 nitrogen and oxygen atoms in total. The highest BCUT2D eigenvalue weighted by atomic mass is 16.5. The summed E-state index contributed by atoms with van der Waals surface area (Å²) in [6.45, 7) is 8.30. The molecule has 0 spiro atoms. The van der Waals surface area contributed by atoms with Crippen molar-refractivity contribution in [2.45, 2.75) is 26.6 Å². The summed E-state index contributed by atoms with van der Waals surface area (Å²) in [4.78, 5) is 0. The van der Waals surface area contributed by atoms with E-state index in [1.165, 1.54) is 0 Å². The average molecular weight is 220 g/mol. The lowest BCUT2D eigenvalue weighted by molar-refractivity contribution is -0.0287. The Labute approximate surface area is 97.6 Å². The van der Waals surface area contributed by atoms with Crippen LogP contribution < -0.4 is 0 Å². The smallest absolute Gasteiger partial charge is 0.0830 e. The van der Waals surface area contributed by atoms with Crippen LogP contribution in [0.5, 0.6) is 0 Å². The van der Waals surface area contributed by atoms with Crippen LogP contribution in [0.15, 0.2) is 43.0 Å². The van der Waals surface area contributed by atoms with Crippen LogP contribution >= 0.6 is 0 Å². The number of benzene rings is 1. The molecular formula is C14H20O2. The van der Waals surface area contributed by atoms with Gasteiger partial charge < -0.3 is 9.84 Å². The normalized spacial score (nSPS) is 13.4. The molecule has 1 aromatic carbocycles. The fourth-order valence-electron chi connectivity index (χ4n) is 1.46. The van der Waals surface area contributed by atoms with Crippen molar-refractivity contribution < 1.29 is 9.84 Å². The van der Waals surface area contributed by atoms with Crippen molar-refractivity contribution in [3.63, 3.8) is 0 Å². The molecule has 1 N–H and O–H groups in total. The van der Waals surface area contributed by atoms with Gasteiger partial charge in [-0.1, -0.05) is 50.3 Å². The van der Waals surface area contributed by atoms with Crippen molar-refractivity contribution in [3.05, 3.63) is 48.6 Å². The van der Waals surface area contributed by atoms with E-state index in [2.05, 4.69) is 6.58 Å². The first-order valence-corrected chi connectivity index (χ1v) is 5.49. The zero-order chi connectivity index (χ0) is 12.0. The van der Waals surface area contributed by atoms with Crippen molar-refractivity contribution in [2.75, 3.05) is 6.61 Å². The van der Waals surface area contributed by atoms with Crippen LogP contribution in [0.2, 0.25) is 0 Å². The first-order chi connectivity index (χ1) is 7.60. The monoisotopic (exact) mass is 220 g/mol. The molecule has 0 amide bonds. The lowest BCUT2D eigenvalue weighted by Crippen LogP contribution is -2.33. The van der Waals surface area contributed by atoms with Crippen LogP contribution in [0.25, 0.3) is 0 Å². The summed E-state index contributed by atoms with van der Waals surface area (Å²) in [6.07, 6.45) is 1.61. The summed E-state index contributed by atoms with van der Waals surface area (Å²) in [5.74, 6) is 0. The average Bonchev–Trinajstić information content (AvgIpc) is 2.31. The first kappa shape index (κ1) is 12.9. The number of rotatable bonds is 6. The lowest BCUT2D eigenvalue weighted by Gasteiger charge is -2.30. The second kappa shape index (κ2) is 5.83. The fraction of sp³-hybridized carbons (Fsp3) is 0.429.